The van der Waals surface area contributed by atoms with Gasteiger partial charge >= 0.3 is 0 Å². The monoisotopic (exact) mass is 386 g/mol. The average molecular weight is 386 g/mol. The van der Waals surface area contributed by atoms with Gasteiger partial charge in [-0.2, -0.15) is 0 Å². The number of carbonyl (C=O) groups is 2. The minimum Gasteiger partial charge on any atom is -0.326 e. The standard InChI is InChI=1S/C25H26N2O2/c1-5-23(28)19-14-22(27(16(19)2)18-9-7-6-8-10-18)17-11-12-20-21(13-17)26-24(29)15-25(20,3)4/h6-14H,5,15H2,1-4H3,(H,26,29). The van der Waals surface area contributed by atoms with Gasteiger partial charge in [0.2, 0.25) is 5.91 Å². The Morgan fingerprint density at radius 1 is 1.10 bits per heavy atom. The highest BCUT2D eigenvalue weighted by atomic mass is 16.1. The van der Waals surface area contributed by atoms with Crippen LogP contribution in [0, 0.1) is 6.92 Å². The first kappa shape index (κ1) is 19.2. The van der Waals surface area contributed by atoms with Gasteiger partial charge in [-0.3, -0.25) is 9.59 Å². The summed E-state index contributed by atoms with van der Waals surface area (Å²) < 4.78 is 2.13. The zero-order valence-electron chi connectivity index (χ0n) is 17.4. The van der Waals surface area contributed by atoms with Crippen molar-refractivity contribution in [1.29, 1.82) is 0 Å². The summed E-state index contributed by atoms with van der Waals surface area (Å²) in [6, 6.07) is 18.3. The number of rotatable bonds is 4. The number of hydrogen-bond donors (Lipinski definition) is 1. The maximum Gasteiger partial charge on any atom is 0.225 e. The Kier molecular flexibility index (Phi) is 4.65. The number of Topliss-reactive ketones (excluding diaryl/α,β-unsaturated/α-hetero) is 1. The lowest BCUT2D eigenvalue weighted by Crippen LogP contribution is -2.32. The predicted octanol–water partition coefficient (Wildman–Crippen LogP) is 5.67. The fraction of sp³-hybridized carbons (Fsp3) is 0.280. The van der Waals surface area contributed by atoms with Gasteiger partial charge in [-0.05, 0) is 36.8 Å². The molecular weight excluding hydrogens is 360 g/mol. The molecule has 1 aliphatic heterocycles. The van der Waals surface area contributed by atoms with Gasteiger partial charge in [0.25, 0.3) is 0 Å². The van der Waals surface area contributed by atoms with Crippen molar-refractivity contribution in [3.05, 3.63) is 71.4 Å². The van der Waals surface area contributed by atoms with E-state index >= 15 is 0 Å². The quantitative estimate of drug-likeness (QED) is 0.588. The van der Waals surface area contributed by atoms with Crippen LogP contribution in [-0.4, -0.2) is 16.3 Å². The summed E-state index contributed by atoms with van der Waals surface area (Å²) in [4.78, 5) is 24.8. The zero-order valence-corrected chi connectivity index (χ0v) is 17.4. The van der Waals surface area contributed by atoms with Gasteiger partial charge in [0, 0.05) is 46.5 Å². The van der Waals surface area contributed by atoms with E-state index in [0.717, 1.165) is 39.5 Å². The first-order valence-electron chi connectivity index (χ1n) is 10.1. The molecule has 2 heterocycles. The molecule has 148 valence electrons. The number of amides is 1. The fourth-order valence-corrected chi connectivity index (χ4v) is 4.29. The summed E-state index contributed by atoms with van der Waals surface area (Å²) in [5.41, 5.74) is 6.41. The summed E-state index contributed by atoms with van der Waals surface area (Å²) >= 11 is 0. The maximum absolute atomic E-state index is 12.6. The number of hydrogen-bond acceptors (Lipinski definition) is 2. The van der Waals surface area contributed by atoms with Crippen molar-refractivity contribution in [1.82, 2.24) is 4.57 Å². The molecule has 0 bridgehead atoms. The van der Waals surface area contributed by atoms with E-state index in [1.54, 1.807) is 0 Å². The van der Waals surface area contributed by atoms with Crippen molar-refractivity contribution in [3.8, 4) is 16.9 Å². The SMILES string of the molecule is CCC(=O)c1cc(-c2ccc3c(c2)NC(=O)CC3(C)C)n(-c2ccccc2)c1C. The number of fused-ring (bicyclic) bond motifs is 1. The van der Waals surface area contributed by atoms with Crippen LogP contribution in [0.15, 0.2) is 54.6 Å². The van der Waals surface area contributed by atoms with Crippen LogP contribution in [0.5, 0.6) is 0 Å². The van der Waals surface area contributed by atoms with Crippen LogP contribution >= 0.6 is 0 Å². The lowest BCUT2D eigenvalue weighted by molar-refractivity contribution is -0.117. The van der Waals surface area contributed by atoms with Gasteiger partial charge < -0.3 is 9.88 Å². The van der Waals surface area contributed by atoms with Gasteiger partial charge in [-0.15, -0.1) is 0 Å². The summed E-state index contributed by atoms with van der Waals surface area (Å²) in [5, 5.41) is 3.03. The molecule has 0 saturated heterocycles. The minimum absolute atomic E-state index is 0.0381. The van der Waals surface area contributed by atoms with Gasteiger partial charge in [-0.25, -0.2) is 0 Å². The lowest BCUT2D eigenvalue weighted by Gasteiger charge is -2.32. The Morgan fingerprint density at radius 2 is 1.83 bits per heavy atom. The van der Waals surface area contributed by atoms with Crippen molar-refractivity contribution in [2.75, 3.05) is 5.32 Å². The van der Waals surface area contributed by atoms with E-state index in [-0.39, 0.29) is 17.1 Å². The smallest absolute Gasteiger partial charge is 0.225 e. The normalized spacial score (nSPS) is 15.0. The lowest BCUT2D eigenvalue weighted by atomic mass is 9.77. The summed E-state index contributed by atoms with van der Waals surface area (Å²) in [5.74, 6) is 0.168. The van der Waals surface area contributed by atoms with Crippen molar-refractivity contribution in [2.24, 2.45) is 0 Å². The summed E-state index contributed by atoms with van der Waals surface area (Å²) in [6.45, 7) is 8.07. The predicted molar refractivity (Wildman–Crippen MR) is 117 cm³/mol. The van der Waals surface area contributed by atoms with Crippen molar-refractivity contribution in [2.45, 2.75) is 46.0 Å². The molecule has 1 amide bonds. The first-order valence-corrected chi connectivity index (χ1v) is 10.1. The molecule has 0 fully saturated rings. The third-order valence-corrected chi connectivity index (χ3v) is 5.80. The Balaban J connectivity index is 1.93. The van der Waals surface area contributed by atoms with Crippen LogP contribution in [0.4, 0.5) is 5.69 Å². The second kappa shape index (κ2) is 7.03. The van der Waals surface area contributed by atoms with Crippen molar-refractivity contribution >= 4 is 17.4 Å². The van der Waals surface area contributed by atoms with E-state index in [2.05, 4.69) is 35.9 Å². The highest BCUT2D eigenvalue weighted by Gasteiger charge is 2.32. The van der Waals surface area contributed by atoms with Crippen LogP contribution in [0.1, 0.15) is 55.2 Å². The number of nitrogens with zero attached hydrogens (tertiary/aromatic N) is 1. The van der Waals surface area contributed by atoms with Gasteiger partial charge in [-0.1, -0.05) is 51.1 Å². The molecule has 0 atom stereocenters. The van der Waals surface area contributed by atoms with Crippen LogP contribution in [0.25, 0.3) is 16.9 Å². The summed E-state index contributed by atoms with van der Waals surface area (Å²) in [6.07, 6.45) is 0.946. The Bertz CT molecular complexity index is 1110. The van der Waals surface area contributed by atoms with E-state index < -0.39 is 0 Å². The number of para-hydroxylation sites is 1. The number of benzene rings is 2. The minimum atomic E-state index is -0.198. The van der Waals surface area contributed by atoms with Gasteiger partial charge in [0.1, 0.15) is 0 Å². The molecule has 29 heavy (non-hydrogen) atoms. The molecule has 1 N–H and O–H groups in total. The molecule has 2 aromatic carbocycles. The number of aromatic nitrogens is 1. The molecule has 4 nitrogen and oxygen atoms in total. The number of ketones is 1. The number of nitrogens with one attached hydrogen (secondary N) is 1. The van der Waals surface area contributed by atoms with E-state index in [1.807, 2.05) is 56.3 Å². The average Bonchev–Trinajstić information content (AvgIpc) is 3.04. The number of anilines is 1. The fourth-order valence-electron chi connectivity index (χ4n) is 4.29. The molecule has 0 spiro atoms. The zero-order chi connectivity index (χ0) is 20.8. The van der Waals surface area contributed by atoms with Gasteiger partial charge in [0.05, 0.1) is 5.69 Å². The molecular formula is C25H26N2O2. The molecule has 1 aliphatic rings. The molecule has 0 saturated carbocycles. The Hall–Kier alpha value is -3.14. The van der Waals surface area contributed by atoms with Gasteiger partial charge in [0.15, 0.2) is 5.78 Å². The number of carbonyl (C=O) groups excluding carboxylic acids is 2. The highest BCUT2D eigenvalue weighted by Crippen LogP contribution is 2.40. The second-order valence-electron chi connectivity index (χ2n) is 8.35. The summed E-state index contributed by atoms with van der Waals surface area (Å²) in [7, 11) is 0. The molecule has 4 rings (SSSR count). The van der Waals surface area contributed by atoms with Crippen molar-refractivity contribution < 1.29 is 9.59 Å². The molecule has 0 aliphatic carbocycles. The molecule has 0 radical (unpaired) electrons. The van der Waals surface area contributed by atoms with Crippen LogP contribution in [0.3, 0.4) is 0 Å². The largest absolute Gasteiger partial charge is 0.326 e. The third kappa shape index (κ3) is 3.29. The third-order valence-electron chi connectivity index (χ3n) is 5.80. The van der Waals surface area contributed by atoms with E-state index in [1.165, 1.54) is 0 Å². The Labute approximate surface area is 171 Å². The Morgan fingerprint density at radius 3 is 2.52 bits per heavy atom. The van der Waals surface area contributed by atoms with Crippen LogP contribution in [-0.2, 0) is 10.2 Å². The first-order chi connectivity index (χ1) is 13.8. The second-order valence-corrected chi connectivity index (χ2v) is 8.35. The van der Waals surface area contributed by atoms with E-state index in [9.17, 15) is 9.59 Å². The van der Waals surface area contributed by atoms with Crippen LogP contribution < -0.4 is 5.32 Å². The molecule has 4 heteroatoms. The highest BCUT2D eigenvalue weighted by molar-refractivity contribution is 5.99. The van der Waals surface area contributed by atoms with E-state index in [4.69, 9.17) is 0 Å². The van der Waals surface area contributed by atoms with E-state index in [0.29, 0.717) is 12.8 Å². The molecule has 3 aromatic rings. The molecule has 1 aromatic heterocycles. The topological polar surface area (TPSA) is 51.1 Å². The molecule has 0 unspecified atom stereocenters. The van der Waals surface area contributed by atoms with Crippen LogP contribution in [0.2, 0.25) is 0 Å². The van der Waals surface area contributed by atoms with Crippen molar-refractivity contribution in [3.63, 3.8) is 0 Å². The maximum atomic E-state index is 12.6.